The van der Waals surface area contributed by atoms with Crippen LogP contribution in [0.15, 0.2) is 24.3 Å². The lowest BCUT2D eigenvalue weighted by Crippen LogP contribution is -2.39. The summed E-state index contributed by atoms with van der Waals surface area (Å²) in [5.74, 6) is -3.54. The molecule has 3 atom stereocenters. The number of nitrogens with two attached hydrogens (primary N) is 1. The fourth-order valence-corrected chi connectivity index (χ4v) is 1.16. The number of carboxylic acid groups (broad SMARTS) is 2. The van der Waals surface area contributed by atoms with Crippen LogP contribution in [0.2, 0.25) is 5.02 Å². The summed E-state index contributed by atoms with van der Waals surface area (Å²) in [5.41, 5.74) is 6.74. The average Bonchev–Trinajstić information content (AvgIpc) is 2.38. The molecule has 0 saturated heterocycles. The van der Waals surface area contributed by atoms with Crippen molar-refractivity contribution in [3.05, 3.63) is 34.9 Å². The third-order valence-corrected chi connectivity index (χ3v) is 2.45. The molecule has 1 rings (SSSR count). The molecule has 0 amide bonds. The average molecular weight is 306 g/mol. The molecule has 112 valence electrons. The van der Waals surface area contributed by atoms with Crippen LogP contribution in [0.4, 0.5) is 0 Å². The van der Waals surface area contributed by atoms with Crippen LogP contribution in [-0.2, 0) is 9.59 Å². The molecule has 0 aromatic heterocycles. The number of rotatable bonds is 4. The highest BCUT2D eigenvalue weighted by Crippen LogP contribution is 2.13. The Bertz CT molecular complexity index is 430. The van der Waals surface area contributed by atoms with E-state index in [0.717, 1.165) is 10.6 Å². The number of benzene rings is 1. The van der Waals surface area contributed by atoms with Gasteiger partial charge in [0, 0.05) is 11.1 Å². The van der Waals surface area contributed by atoms with Gasteiger partial charge in [-0.3, -0.25) is 0 Å². The van der Waals surface area contributed by atoms with Crippen molar-refractivity contribution in [2.45, 2.75) is 25.2 Å². The molecule has 0 fully saturated rings. The van der Waals surface area contributed by atoms with Crippen molar-refractivity contribution < 1.29 is 30.0 Å². The van der Waals surface area contributed by atoms with E-state index in [1.54, 1.807) is 0 Å². The number of carboxylic acids is 2. The molecule has 0 aliphatic heterocycles. The number of aliphatic hydroxyl groups is 2. The molecule has 0 heterocycles. The lowest BCUT2D eigenvalue weighted by Gasteiger charge is -2.07. The molecular weight excluding hydrogens is 290 g/mol. The van der Waals surface area contributed by atoms with E-state index in [0.29, 0.717) is 0 Å². The van der Waals surface area contributed by atoms with Gasteiger partial charge in [0.05, 0.1) is 0 Å². The summed E-state index contributed by atoms with van der Waals surface area (Å²) < 4.78 is 0. The molecule has 0 aliphatic rings. The molecule has 1 aromatic carbocycles. The monoisotopic (exact) mass is 305 g/mol. The van der Waals surface area contributed by atoms with Gasteiger partial charge in [0.2, 0.25) is 0 Å². The first-order chi connectivity index (χ1) is 9.16. The third-order valence-electron chi connectivity index (χ3n) is 2.20. The van der Waals surface area contributed by atoms with Crippen molar-refractivity contribution in [3.8, 4) is 0 Å². The Kier molecular flexibility index (Phi) is 7.78. The molecule has 1 aromatic rings. The summed E-state index contributed by atoms with van der Waals surface area (Å²) in [6, 6.07) is 7.66. The molecule has 3 unspecified atom stereocenters. The summed E-state index contributed by atoms with van der Waals surface area (Å²) in [4.78, 5) is 19.5. The Morgan fingerprint density at radius 2 is 1.40 bits per heavy atom. The van der Waals surface area contributed by atoms with Gasteiger partial charge < -0.3 is 26.2 Å². The Balaban J connectivity index is 0.000000361. The van der Waals surface area contributed by atoms with Crippen LogP contribution in [0.5, 0.6) is 0 Å². The zero-order chi connectivity index (χ0) is 15.9. The van der Waals surface area contributed by atoms with Gasteiger partial charge in [0.1, 0.15) is 0 Å². The van der Waals surface area contributed by atoms with E-state index in [9.17, 15) is 9.59 Å². The highest BCUT2D eigenvalue weighted by atomic mass is 35.5. The maximum atomic E-state index is 9.77. The molecule has 0 aliphatic carbocycles. The Hall–Kier alpha value is -1.67. The summed E-state index contributed by atoms with van der Waals surface area (Å²) in [5, 5.41) is 33.3. The lowest BCUT2D eigenvalue weighted by atomic mass is 10.1. The summed E-state index contributed by atoms with van der Waals surface area (Å²) in [6.07, 6.45) is -4.53. The van der Waals surface area contributed by atoms with Gasteiger partial charge in [0.25, 0.3) is 0 Å². The second-order valence-electron chi connectivity index (χ2n) is 3.91. The van der Waals surface area contributed by atoms with Gasteiger partial charge in [-0.25, -0.2) is 9.59 Å². The maximum Gasteiger partial charge on any atom is 0.335 e. The van der Waals surface area contributed by atoms with Gasteiger partial charge in [-0.05, 0) is 24.6 Å². The topological polar surface area (TPSA) is 141 Å². The number of hydrogen-bond acceptors (Lipinski definition) is 5. The van der Waals surface area contributed by atoms with E-state index in [1.807, 2.05) is 31.2 Å². The van der Waals surface area contributed by atoms with Crippen LogP contribution >= 0.6 is 11.6 Å². The normalized spacial score (nSPS) is 14.4. The fraction of sp³-hybridized carbons (Fsp3) is 0.333. The van der Waals surface area contributed by atoms with Gasteiger partial charge in [-0.2, -0.15) is 0 Å². The van der Waals surface area contributed by atoms with Crippen molar-refractivity contribution in [1.29, 1.82) is 0 Å². The van der Waals surface area contributed by atoms with Gasteiger partial charge in [-0.1, -0.05) is 23.7 Å². The van der Waals surface area contributed by atoms with Crippen molar-refractivity contribution in [2.75, 3.05) is 0 Å². The van der Waals surface area contributed by atoms with E-state index >= 15 is 0 Å². The van der Waals surface area contributed by atoms with E-state index < -0.39 is 24.1 Å². The van der Waals surface area contributed by atoms with E-state index in [1.165, 1.54) is 0 Å². The van der Waals surface area contributed by atoms with Crippen molar-refractivity contribution in [2.24, 2.45) is 5.73 Å². The number of aliphatic carboxylic acids is 2. The Morgan fingerprint density at radius 1 is 1.05 bits per heavy atom. The lowest BCUT2D eigenvalue weighted by molar-refractivity contribution is -0.165. The first-order valence-corrected chi connectivity index (χ1v) is 5.87. The molecule has 7 nitrogen and oxygen atoms in total. The minimum Gasteiger partial charge on any atom is -0.479 e. The smallest absolute Gasteiger partial charge is 0.335 e. The first-order valence-electron chi connectivity index (χ1n) is 5.49. The van der Waals surface area contributed by atoms with Crippen LogP contribution in [0, 0.1) is 0 Å². The largest absolute Gasteiger partial charge is 0.479 e. The first kappa shape index (κ1) is 18.3. The van der Waals surface area contributed by atoms with Crippen molar-refractivity contribution in [3.63, 3.8) is 0 Å². The third kappa shape index (κ3) is 6.48. The van der Waals surface area contributed by atoms with Gasteiger partial charge in [-0.15, -0.1) is 0 Å². The highest BCUT2D eigenvalue weighted by molar-refractivity contribution is 6.30. The zero-order valence-electron chi connectivity index (χ0n) is 10.6. The van der Waals surface area contributed by atoms with E-state index in [4.69, 9.17) is 37.8 Å². The molecular formula is C12H16ClNO6. The van der Waals surface area contributed by atoms with Crippen LogP contribution in [0.25, 0.3) is 0 Å². The maximum absolute atomic E-state index is 9.77. The van der Waals surface area contributed by atoms with Gasteiger partial charge >= 0.3 is 11.9 Å². The molecule has 8 heteroatoms. The van der Waals surface area contributed by atoms with E-state index in [-0.39, 0.29) is 6.04 Å². The molecule has 0 bridgehead atoms. The fourth-order valence-electron chi connectivity index (χ4n) is 1.04. The van der Waals surface area contributed by atoms with Crippen molar-refractivity contribution >= 4 is 23.5 Å². The number of aliphatic hydroxyl groups excluding tert-OH is 2. The standard InChI is InChI=1S/C8H10ClN.C4H6O6/c1-6(10)7-2-4-8(9)5-3-7;5-1(3(7)8)2(6)4(9)10/h2-6H,10H2,1H3;1-2,5-6H,(H,7,8)(H,9,10). The predicted octanol–water partition coefficient (Wildman–Crippen LogP) is 0.237. The zero-order valence-corrected chi connectivity index (χ0v) is 11.4. The molecule has 0 saturated carbocycles. The van der Waals surface area contributed by atoms with Crippen LogP contribution in [0.1, 0.15) is 18.5 Å². The number of hydrogen-bond donors (Lipinski definition) is 5. The second kappa shape index (κ2) is 8.49. The van der Waals surface area contributed by atoms with E-state index in [2.05, 4.69) is 0 Å². The highest BCUT2D eigenvalue weighted by Gasteiger charge is 2.29. The SMILES string of the molecule is CC(N)c1ccc(Cl)cc1.O=C(O)C(O)C(O)C(=O)O. The van der Waals surface area contributed by atoms with Crippen LogP contribution in [0.3, 0.4) is 0 Å². The Labute approximate surface area is 120 Å². The summed E-state index contributed by atoms with van der Waals surface area (Å²) in [7, 11) is 0. The summed E-state index contributed by atoms with van der Waals surface area (Å²) in [6.45, 7) is 1.95. The molecule has 0 spiro atoms. The second-order valence-corrected chi connectivity index (χ2v) is 4.34. The minimum absolute atomic E-state index is 0.0947. The number of halogens is 1. The summed E-state index contributed by atoms with van der Waals surface area (Å²) >= 11 is 5.68. The van der Waals surface area contributed by atoms with Gasteiger partial charge in [0.15, 0.2) is 12.2 Å². The van der Waals surface area contributed by atoms with Crippen LogP contribution < -0.4 is 5.73 Å². The molecule has 20 heavy (non-hydrogen) atoms. The van der Waals surface area contributed by atoms with Crippen LogP contribution in [-0.4, -0.2) is 44.6 Å². The quantitative estimate of drug-likeness (QED) is 0.536. The molecule has 6 N–H and O–H groups in total. The van der Waals surface area contributed by atoms with Crippen molar-refractivity contribution in [1.82, 2.24) is 0 Å². The number of carbonyl (C=O) groups is 2. The minimum atomic E-state index is -2.27. The Morgan fingerprint density at radius 3 is 1.65 bits per heavy atom. The molecule has 0 radical (unpaired) electrons. The predicted molar refractivity (Wildman–Crippen MR) is 71.3 cm³/mol.